The van der Waals surface area contributed by atoms with Crippen molar-refractivity contribution in [2.45, 2.75) is 20.4 Å². The van der Waals surface area contributed by atoms with Crippen molar-refractivity contribution in [2.24, 2.45) is 0 Å². The molecule has 0 amide bonds. The molecule has 1 aliphatic rings. The van der Waals surface area contributed by atoms with E-state index >= 15 is 0 Å². The minimum absolute atomic E-state index is 0.136. The van der Waals surface area contributed by atoms with E-state index in [0.29, 0.717) is 48.5 Å². The number of nitrogens with zero attached hydrogens (tertiary/aromatic N) is 2. The highest BCUT2D eigenvalue weighted by atomic mass is 32.1. The zero-order valence-corrected chi connectivity index (χ0v) is 20.3. The van der Waals surface area contributed by atoms with Crippen LogP contribution < -0.4 is 20.3 Å². The predicted octanol–water partition coefficient (Wildman–Crippen LogP) is 3.68. The fourth-order valence-electron chi connectivity index (χ4n) is 3.83. The second-order valence-corrected chi connectivity index (χ2v) is 9.07. The van der Waals surface area contributed by atoms with Gasteiger partial charge in [0.25, 0.3) is 5.56 Å². The number of hydrogen-bond acceptors (Lipinski definition) is 5. The van der Waals surface area contributed by atoms with Crippen LogP contribution in [0.2, 0.25) is 0 Å². The second-order valence-electron chi connectivity index (χ2n) is 8.68. The molecule has 3 aromatic rings. The largest absolute Gasteiger partial charge is 0.486 e. The van der Waals surface area contributed by atoms with E-state index < -0.39 is 0 Å². The first kappa shape index (κ1) is 23.1. The standard InChI is InChI=1S/C25H30N4O3S/c1-16-5-6-20(17(2)11-16)27-25(33)29(8-7-28(3)4)15-19-12-18-13-22-23(32-10-9-31-22)14-21(18)26-24(19)30/h5-6,11-14H,7-10,15H2,1-4H3,(H,26,30)(H,27,33). The Hall–Kier alpha value is -3.10. The lowest BCUT2D eigenvalue weighted by atomic mass is 10.1. The molecule has 0 fully saturated rings. The maximum atomic E-state index is 12.9. The number of benzene rings is 2. The normalized spacial score (nSPS) is 12.8. The Bertz CT molecular complexity index is 1240. The van der Waals surface area contributed by atoms with Crippen molar-refractivity contribution in [3.63, 3.8) is 0 Å². The number of nitrogens with one attached hydrogen (secondary N) is 2. The minimum Gasteiger partial charge on any atom is -0.486 e. The number of aryl methyl sites for hydroxylation is 2. The number of H-pyrrole nitrogens is 1. The molecule has 1 aromatic heterocycles. The maximum absolute atomic E-state index is 12.9. The smallest absolute Gasteiger partial charge is 0.253 e. The fraction of sp³-hybridized carbons (Fsp3) is 0.360. The summed E-state index contributed by atoms with van der Waals surface area (Å²) < 4.78 is 11.3. The summed E-state index contributed by atoms with van der Waals surface area (Å²) in [6, 6.07) is 11.9. The van der Waals surface area contributed by atoms with Crippen LogP contribution in [0.1, 0.15) is 16.7 Å². The number of anilines is 1. The summed E-state index contributed by atoms with van der Waals surface area (Å²) in [6.45, 7) is 7.03. The van der Waals surface area contributed by atoms with Crippen LogP contribution in [-0.4, -0.2) is 60.3 Å². The van der Waals surface area contributed by atoms with Gasteiger partial charge in [-0.05, 0) is 63.9 Å². The molecule has 0 bridgehead atoms. The van der Waals surface area contributed by atoms with E-state index in [2.05, 4.69) is 41.2 Å². The molecule has 0 saturated carbocycles. The molecule has 2 aromatic carbocycles. The van der Waals surface area contributed by atoms with Gasteiger partial charge in [0.15, 0.2) is 16.6 Å². The van der Waals surface area contributed by atoms with Crippen LogP contribution in [-0.2, 0) is 6.54 Å². The van der Waals surface area contributed by atoms with Crippen molar-refractivity contribution < 1.29 is 9.47 Å². The maximum Gasteiger partial charge on any atom is 0.253 e. The Morgan fingerprint density at radius 1 is 1.06 bits per heavy atom. The van der Waals surface area contributed by atoms with Crippen LogP contribution in [0.5, 0.6) is 11.5 Å². The third-order valence-corrected chi connectivity index (χ3v) is 6.03. The Morgan fingerprint density at radius 2 is 1.79 bits per heavy atom. The number of pyridine rings is 1. The Balaban J connectivity index is 1.61. The molecule has 174 valence electrons. The van der Waals surface area contributed by atoms with E-state index in [4.69, 9.17) is 21.7 Å². The van der Waals surface area contributed by atoms with Gasteiger partial charge >= 0.3 is 0 Å². The molecular formula is C25H30N4O3S. The summed E-state index contributed by atoms with van der Waals surface area (Å²) in [5.74, 6) is 1.35. The summed E-state index contributed by atoms with van der Waals surface area (Å²) in [5.41, 5.74) is 4.53. The van der Waals surface area contributed by atoms with Gasteiger partial charge in [0.2, 0.25) is 0 Å². The van der Waals surface area contributed by atoms with Gasteiger partial charge in [-0.1, -0.05) is 17.7 Å². The van der Waals surface area contributed by atoms with Crippen molar-refractivity contribution in [3.05, 3.63) is 63.4 Å². The fourth-order valence-corrected chi connectivity index (χ4v) is 4.10. The third-order valence-electron chi connectivity index (χ3n) is 5.67. The summed E-state index contributed by atoms with van der Waals surface area (Å²) in [7, 11) is 4.04. The topological polar surface area (TPSA) is 69.8 Å². The van der Waals surface area contributed by atoms with Gasteiger partial charge in [-0.25, -0.2) is 0 Å². The average molecular weight is 467 g/mol. The van der Waals surface area contributed by atoms with Gasteiger partial charge in [0, 0.05) is 35.8 Å². The van der Waals surface area contributed by atoms with Crippen molar-refractivity contribution >= 4 is 33.9 Å². The minimum atomic E-state index is -0.136. The number of aromatic nitrogens is 1. The number of hydrogen-bond donors (Lipinski definition) is 2. The zero-order chi connectivity index (χ0) is 23.5. The predicted molar refractivity (Wildman–Crippen MR) is 137 cm³/mol. The van der Waals surface area contributed by atoms with Crippen molar-refractivity contribution in [2.75, 3.05) is 45.7 Å². The first-order valence-electron chi connectivity index (χ1n) is 11.0. The summed E-state index contributed by atoms with van der Waals surface area (Å²) in [6.07, 6.45) is 0. The lowest BCUT2D eigenvalue weighted by Gasteiger charge is -2.28. The highest BCUT2D eigenvalue weighted by Gasteiger charge is 2.17. The lowest BCUT2D eigenvalue weighted by Crippen LogP contribution is -2.40. The van der Waals surface area contributed by atoms with Crippen LogP contribution in [0.15, 0.2) is 41.2 Å². The van der Waals surface area contributed by atoms with Gasteiger partial charge in [0.05, 0.1) is 12.1 Å². The third kappa shape index (κ3) is 5.46. The molecular weight excluding hydrogens is 436 g/mol. The lowest BCUT2D eigenvalue weighted by molar-refractivity contribution is 0.172. The molecule has 0 aliphatic carbocycles. The number of rotatable bonds is 6. The van der Waals surface area contributed by atoms with Gasteiger partial charge in [-0.15, -0.1) is 0 Å². The molecule has 0 saturated heterocycles. The summed E-state index contributed by atoms with van der Waals surface area (Å²) in [5, 5.41) is 4.86. The van der Waals surface area contributed by atoms with Gasteiger partial charge < -0.3 is 29.6 Å². The monoisotopic (exact) mass is 466 g/mol. The molecule has 0 atom stereocenters. The first-order valence-corrected chi connectivity index (χ1v) is 11.4. The van der Waals surface area contributed by atoms with Crippen LogP contribution in [0.4, 0.5) is 5.69 Å². The molecule has 7 nitrogen and oxygen atoms in total. The Labute approximate surface area is 199 Å². The van der Waals surface area contributed by atoms with E-state index in [1.54, 1.807) is 0 Å². The summed E-state index contributed by atoms with van der Waals surface area (Å²) in [4.78, 5) is 20.0. The Morgan fingerprint density at radius 3 is 2.48 bits per heavy atom. The average Bonchev–Trinajstić information content (AvgIpc) is 2.77. The zero-order valence-electron chi connectivity index (χ0n) is 19.5. The van der Waals surface area contributed by atoms with Crippen molar-refractivity contribution in [1.82, 2.24) is 14.8 Å². The molecule has 2 N–H and O–H groups in total. The van der Waals surface area contributed by atoms with Crippen LogP contribution in [0, 0.1) is 13.8 Å². The molecule has 0 spiro atoms. The van der Waals surface area contributed by atoms with Crippen molar-refractivity contribution in [3.8, 4) is 11.5 Å². The molecule has 0 unspecified atom stereocenters. The quantitative estimate of drug-likeness (QED) is 0.537. The van der Waals surface area contributed by atoms with E-state index in [1.807, 2.05) is 43.3 Å². The van der Waals surface area contributed by atoms with Crippen LogP contribution in [0.3, 0.4) is 0 Å². The highest BCUT2D eigenvalue weighted by molar-refractivity contribution is 7.80. The molecule has 33 heavy (non-hydrogen) atoms. The van der Waals surface area contributed by atoms with Crippen LogP contribution >= 0.6 is 12.2 Å². The molecule has 1 aliphatic heterocycles. The van der Waals surface area contributed by atoms with E-state index in [9.17, 15) is 4.79 Å². The summed E-state index contributed by atoms with van der Waals surface area (Å²) >= 11 is 5.77. The van der Waals surface area contributed by atoms with E-state index in [-0.39, 0.29) is 5.56 Å². The molecule has 8 heteroatoms. The van der Waals surface area contributed by atoms with Gasteiger partial charge in [0.1, 0.15) is 13.2 Å². The van der Waals surface area contributed by atoms with E-state index in [1.165, 1.54) is 5.56 Å². The number of aromatic amines is 1. The molecule has 0 radical (unpaired) electrons. The number of fused-ring (bicyclic) bond motifs is 2. The SMILES string of the molecule is Cc1ccc(NC(=S)N(CCN(C)C)Cc2cc3cc4c(cc3[nH]c2=O)OCCO4)c(C)c1. The Kier molecular flexibility index (Phi) is 6.85. The molecule has 4 rings (SSSR count). The van der Waals surface area contributed by atoms with Gasteiger partial charge in [-0.2, -0.15) is 0 Å². The first-order chi connectivity index (χ1) is 15.8. The number of thiocarbonyl (C=S) groups is 1. The van der Waals surface area contributed by atoms with E-state index in [0.717, 1.165) is 28.7 Å². The van der Waals surface area contributed by atoms with Crippen molar-refractivity contribution in [1.29, 1.82) is 0 Å². The second kappa shape index (κ2) is 9.80. The van der Waals surface area contributed by atoms with Gasteiger partial charge in [-0.3, -0.25) is 4.79 Å². The highest BCUT2D eigenvalue weighted by Crippen LogP contribution is 2.33. The van der Waals surface area contributed by atoms with Crippen LogP contribution in [0.25, 0.3) is 10.9 Å². The molecule has 2 heterocycles. The number of likely N-dealkylation sites (N-methyl/N-ethyl adjacent to an activating group) is 1. The number of ether oxygens (including phenoxy) is 2.